The molecule has 2 rings (SSSR count). The molecule has 3 heteroatoms. The van der Waals surface area contributed by atoms with Crippen LogP contribution in [-0.4, -0.2) is 18.0 Å². The summed E-state index contributed by atoms with van der Waals surface area (Å²) < 4.78 is 0. The minimum absolute atomic E-state index is 0.126. The number of benzene rings is 1. The van der Waals surface area contributed by atoms with Gasteiger partial charge in [-0.2, -0.15) is 0 Å². The van der Waals surface area contributed by atoms with E-state index in [-0.39, 0.29) is 18.0 Å². The van der Waals surface area contributed by atoms with Crippen molar-refractivity contribution in [2.75, 3.05) is 0 Å². The quantitative estimate of drug-likeness (QED) is 0.829. The second-order valence-electron chi connectivity index (χ2n) is 5.96. The maximum atomic E-state index is 12.0. The molecule has 2 atom stereocenters. The summed E-state index contributed by atoms with van der Waals surface area (Å²) in [6.45, 7) is 2.07. The van der Waals surface area contributed by atoms with Crippen molar-refractivity contribution in [3.05, 3.63) is 35.4 Å². The molecule has 0 heterocycles. The van der Waals surface area contributed by atoms with E-state index < -0.39 is 0 Å². The van der Waals surface area contributed by atoms with Crippen molar-refractivity contribution in [2.24, 2.45) is 5.73 Å². The van der Waals surface area contributed by atoms with Gasteiger partial charge in [-0.1, -0.05) is 49.1 Å². The summed E-state index contributed by atoms with van der Waals surface area (Å²) >= 11 is 0. The lowest BCUT2D eigenvalue weighted by Gasteiger charge is -2.22. The highest BCUT2D eigenvalue weighted by Crippen LogP contribution is 2.17. The molecule has 1 fully saturated rings. The van der Waals surface area contributed by atoms with Crippen LogP contribution in [0.2, 0.25) is 0 Å². The minimum Gasteiger partial charge on any atom is -0.352 e. The van der Waals surface area contributed by atoms with E-state index in [4.69, 9.17) is 5.73 Å². The molecule has 1 aromatic carbocycles. The van der Waals surface area contributed by atoms with Crippen molar-refractivity contribution in [1.82, 2.24) is 5.32 Å². The molecule has 20 heavy (non-hydrogen) atoms. The van der Waals surface area contributed by atoms with Gasteiger partial charge in [0.1, 0.15) is 0 Å². The molecule has 110 valence electrons. The highest BCUT2D eigenvalue weighted by Gasteiger charge is 2.21. The molecule has 1 aromatic rings. The Kier molecular flexibility index (Phi) is 5.60. The fourth-order valence-corrected chi connectivity index (χ4v) is 2.81. The number of carbonyl (C=O) groups is 1. The number of amides is 1. The number of carbonyl (C=O) groups excluding carboxylic acids is 1. The van der Waals surface area contributed by atoms with E-state index in [0.29, 0.717) is 6.42 Å². The van der Waals surface area contributed by atoms with Crippen LogP contribution in [0.3, 0.4) is 0 Å². The fourth-order valence-electron chi connectivity index (χ4n) is 2.81. The molecule has 1 saturated carbocycles. The molecular formula is C17H26N2O. The zero-order chi connectivity index (χ0) is 14.4. The molecule has 0 radical (unpaired) electrons. The molecule has 2 unspecified atom stereocenters. The fraction of sp³-hybridized carbons (Fsp3) is 0.588. The monoisotopic (exact) mass is 274 g/mol. The van der Waals surface area contributed by atoms with Gasteiger partial charge >= 0.3 is 0 Å². The Morgan fingerprint density at radius 1 is 1.20 bits per heavy atom. The van der Waals surface area contributed by atoms with Gasteiger partial charge in [-0.25, -0.2) is 0 Å². The molecule has 3 nitrogen and oxygen atoms in total. The predicted octanol–water partition coefficient (Wildman–Crippen LogP) is 2.70. The van der Waals surface area contributed by atoms with Crippen molar-refractivity contribution >= 4 is 5.91 Å². The third kappa shape index (κ3) is 4.64. The second kappa shape index (κ2) is 7.44. The number of hydrogen-bond acceptors (Lipinski definition) is 2. The molecule has 3 N–H and O–H groups in total. The summed E-state index contributed by atoms with van der Waals surface area (Å²) in [5, 5.41) is 3.13. The first-order chi connectivity index (χ1) is 9.65. The highest BCUT2D eigenvalue weighted by atomic mass is 16.1. The van der Waals surface area contributed by atoms with Crippen LogP contribution >= 0.6 is 0 Å². The van der Waals surface area contributed by atoms with Crippen LogP contribution in [-0.2, 0) is 11.2 Å². The van der Waals surface area contributed by atoms with Crippen LogP contribution in [0.25, 0.3) is 0 Å². The molecular weight excluding hydrogens is 248 g/mol. The first kappa shape index (κ1) is 15.0. The van der Waals surface area contributed by atoms with Gasteiger partial charge in [-0.15, -0.1) is 0 Å². The Hall–Kier alpha value is -1.35. The summed E-state index contributed by atoms with van der Waals surface area (Å²) in [5.74, 6) is 0.132. The minimum atomic E-state index is 0.126. The highest BCUT2D eigenvalue weighted by molar-refractivity contribution is 5.76. The molecule has 0 spiro atoms. The standard InChI is InChI=1S/C17H26N2O/c1-13-7-9-14(10-8-13)11-12-17(20)19-16-6-4-2-3-5-15(16)18/h7-10,15-16H,2-6,11-12,18H2,1H3,(H,19,20). The van der Waals surface area contributed by atoms with Crippen molar-refractivity contribution < 1.29 is 4.79 Å². The number of rotatable bonds is 4. The summed E-state index contributed by atoms with van der Waals surface area (Å²) in [5.41, 5.74) is 8.61. The zero-order valence-electron chi connectivity index (χ0n) is 12.4. The van der Waals surface area contributed by atoms with Crippen molar-refractivity contribution in [1.29, 1.82) is 0 Å². The first-order valence-electron chi connectivity index (χ1n) is 7.75. The third-order valence-electron chi connectivity index (χ3n) is 4.18. The zero-order valence-corrected chi connectivity index (χ0v) is 12.4. The molecule has 0 bridgehead atoms. The smallest absolute Gasteiger partial charge is 0.220 e. The SMILES string of the molecule is Cc1ccc(CCC(=O)NC2CCCCCC2N)cc1. The van der Waals surface area contributed by atoms with E-state index in [9.17, 15) is 4.79 Å². The number of nitrogens with one attached hydrogen (secondary N) is 1. The average molecular weight is 274 g/mol. The van der Waals surface area contributed by atoms with Crippen LogP contribution in [0.5, 0.6) is 0 Å². The Bertz CT molecular complexity index is 427. The van der Waals surface area contributed by atoms with Crippen LogP contribution in [0.15, 0.2) is 24.3 Å². The largest absolute Gasteiger partial charge is 0.352 e. The van der Waals surface area contributed by atoms with Crippen LogP contribution < -0.4 is 11.1 Å². The number of aryl methyl sites for hydroxylation is 2. The Morgan fingerprint density at radius 2 is 1.90 bits per heavy atom. The van der Waals surface area contributed by atoms with Crippen LogP contribution in [0.1, 0.15) is 49.7 Å². The topological polar surface area (TPSA) is 55.1 Å². The Balaban J connectivity index is 1.78. The lowest BCUT2D eigenvalue weighted by Crippen LogP contribution is -2.47. The van der Waals surface area contributed by atoms with Crippen molar-refractivity contribution in [3.8, 4) is 0 Å². The molecule has 0 aliphatic heterocycles. The molecule has 1 aliphatic rings. The average Bonchev–Trinajstić information content (AvgIpc) is 2.64. The van der Waals surface area contributed by atoms with Gasteiger partial charge in [0, 0.05) is 18.5 Å². The van der Waals surface area contributed by atoms with E-state index in [0.717, 1.165) is 19.3 Å². The van der Waals surface area contributed by atoms with Gasteiger partial charge in [0.15, 0.2) is 0 Å². The van der Waals surface area contributed by atoms with Crippen LogP contribution in [0, 0.1) is 6.92 Å². The molecule has 1 amide bonds. The lowest BCUT2D eigenvalue weighted by atomic mass is 10.0. The molecule has 0 saturated heterocycles. The maximum Gasteiger partial charge on any atom is 0.220 e. The normalized spacial score (nSPS) is 23.1. The Labute approximate surface area is 121 Å². The van der Waals surface area contributed by atoms with Gasteiger partial charge < -0.3 is 11.1 Å². The van der Waals surface area contributed by atoms with Crippen LogP contribution in [0.4, 0.5) is 0 Å². The molecule has 0 aromatic heterocycles. The summed E-state index contributed by atoms with van der Waals surface area (Å²) in [7, 11) is 0. The predicted molar refractivity (Wildman–Crippen MR) is 82.5 cm³/mol. The van der Waals surface area contributed by atoms with Gasteiger partial charge in [-0.3, -0.25) is 4.79 Å². The van der Waals surface area contributed by atoms with Gasteiger partial charge in [-0.05, 0) is 31.7 Å². The van der Waals surface area contributed by atoms with E-state index in [2.05, 4.69) is 36.5 Å². The number of hydrogen-bond donors (Lipinski definition) is 2. The van der Waals surface area contributed by atoms with Gasteiger partial charge in [0.05, 0.1) is 0 Å². The summed E-state index contributed by atoms with van der Waals surface area (Å²) in [6, 6.07) is 8.67. The third-order valence-corrected chi connectivity index (χ3v) is 4.18. The van der Waals surface area contributed by atoms with Gasteiger partial charge in [0.2, 0.25) is 5.91 Å². The Morgan fingerprint density at radius 3 is 2.65 bits per heavy atom. The number of nitrogens with two attached hydrogens (primary N) is 1. The van der Waals surface area contributed by atoms with Gasteiger partial charge in [0.25, 0.3) is 0 Å². The summed E-state index contributed by atoms with van der Waals surface area (Å²) in [6.07, 6.45) is 7.01. The van der Waals surface area contributed by atoms with E-state index in [1.54, 1.807) is 0 Å². The van der Waals surface area contributed by atoms with E-state index >= 15 is 0 Å². The van der Waals surface area contributed by atoms with E-state index in [1.165, 1.54) is 30.4 Å². The van der Waals surface area contributed by atoms with Crippen molar-refractivity contribution in [3.63, 3.8) is 0 Å². The lowest BCUT2D eigenvalue weighted by molar-refractivity contribution is -0.121. The van der Waals surface area contributed by atoms with Crippen molar-refractivity contribution in [2.45, 2.75) is 64.0 Å². The first-order valence-corrected chi connectivity index (χ1v) is 7.75. The maximum absolute atomic E-state index is 12.0. The molecule has 1 aliphatic carbocycles. The van der Waals surface area contributed by atoms with E-state index in [1.807, 2.05) is 0 Å². The summed E-state index contributed by atoms with van der Waals surface area (Å²) in [4.78, 5) is 12.0. The second-order valence-corrected chi connectivity index (χ2v) is 5.96.